The van der Waals surface area contributed by atoms with Gasteiger partial charge >= 0.3 is 0 Å². The summed E-state index contributed by atoms with van der Waals surface area (Å²) in [6.07, 6.45) is 1.58. The van der Waals surface area contributed by atoms with Crippen LogP contribution in [0, 0.1) is 0 Å². The van der Waals surface area contributed by atoms with Crippen LogP contribution >= 0.6 is 11.6 Å². The Kier molecular flexibility index (Phi) is 3.41. The molecule has 0 aliphatic carbocycles. The summed E-state index contributed by atoms with van der Waals surface area (Å²) in [5, 5.41) is 10.5. The highest BCUT2D eigenvalue weighted by molar-refractivity contribution is 6.33. The highest BCUT2D eigenvalue weighted by Gasteiger charge is 2.16. The molecule has 104 valence electrons. The molecule has 2 aromatic heterocycles. The highest BCUT2D eigenvalue weighted by atomic mass is 35.5. The maximum atomic E-state index is 12.2. The Bertz CT molecular complexity index is 847. The Balaban J connectivity index is 2.19. The second-order valence-corrected chi connectivity index (χ2v) is 4.72. The minimum absolute atomic E-state index is 0.0419. The third-order valence-electron chi connectivity index (χ3n) is 2.95. The molecule has 0 amide bonds. The number of benzene rings is 1. The molecule has 0 saturated heterocycles. The second kappa shape index (κ2) is 5.38. The standard InChI is InChI=1S/C15H10ClN3O2/c16-10-6-2-1-5-9(10)12-14(20)18-13(19-15(12)21)11-7-3-4-8-17-11/h1-8H,(H2,18,19,20,21). The molecule has 0 unspecified atom stereocenters. The zero-order valence-corrected chi connectivity index (χ0v) is 11.5. The van der Waals surface area contributed by atoms with Crippen LogP contribution in [-0.2, 0) is 0 Å². The summed E-state index contributed by atoms with van der Waals surface area (Å²) in [6.45, 7) is 0. The van der Waals surface area contributed by atoms with Crippen molar-refractivity contribution in [2.24, 2.45) is 0 Å². The van der Waals surface area contributed by atoms with Gasteiger partial charge in [0.25, 0.3) is 5.56 Å². The maximum Gasteiger partial charge on any atom is 0.263 e. The molecule has 2 N–H and O–H groups in total. The molecule has 3 rings (SSSR count). The Morgan fingerprint density at radius 3 is 2.52 bits per heavy atom. The molecule has 1 aromatic carbocycles. The van der Waals surface area contributed by atoms with Gasteiger partial charge in [-0.05, 0) is 18.2 Å². The van der Waals surface area contributed by atoms with E-state index in [1.165, 1.54) is 0 Å². The Labute approximate surface area is 124 Å². The lowest BCUT2D eigenvalue weighted by Gasteiger charge is -2.07. The van der Waals surface area contributed by atoms with E-state index < -0.39 is 5.56 Å². The van der Waals surface area contributed by atoms with Crippen molar-refractivity contribution in [1.82, 2.24) is 15.0 Å². The van der Waals surface area contributed by atoms with Crippen LogP contribution in [0.3, 0.4) is 0 Å². The van der Waals surface area contributed by atoms with Crippen LogP contribution in [0.1, 0.15) is 0 Å². The lowest BCUT2D eigenvalue weighted by Crippen LogP contribution is -2.12. The smallest absolute Gasteiger partial charge is 0.263 e. The fourth-order valence-electron chi connectivity index (χ4n) is 1.99. The monoisotopic (exact) mass is 299 g/mol. The largest absolute Gasteiger partial charge is 0.493 e. The van der Waals surface area contributed by atoms with E-state index in [4.69, 9.17) is 11.6 Å². The SMILES string of the molecule is O=c1[nH]c(-c2ccccn2)nc(O)c1-c1ccccc1Cl. The molecule has 0 saturated carbocycles. The van der Waals surface area contributed by atoms with E-state index in [-0.39, 0.29) is 17.3 Å². The number of hydrogen-bond donors (Lipinski definition) is 2. The summed E-state index contributed by atoms with van der Waals surface area (Å²) in [5.74, 6) is -0.179. The van der Waals surface area contributed by atoms with Crippen LogP contribution in [0.25, 0.3) is 22.6 Å². The summed E-state index contributed by atoms with van der Waals surface area (Å²) >= 11 is 6.06. The van der Waals surface area contributed by atoms with Crippen LogP contribution in [0.5, 0.6) is 5.88 Å². The summed E-state index contributed by atoms with van der Waals surface area (Å²) in [5.41, 5.74) is 0.463. The van der Waals surface area contributed by atoms with Gasteiger partial charge in [-0.3, -0.25) is 9.78 Å². The molecule has 21 heavy (non-hydrogen) atoms. The van der Waals surface area contributed by atoms with Crippen LogP contribution in [0.15, 0.2) is 53.5 Å². The molecule has 0 aliphatic rings. The van der Waals surface area contributed by atoms with Gasteiger partial charge in [-0.25, -0.2) is 0 Å². The lowest BCUT2D eigenvalue weighted by atomic mass is 10.1. The van der Waals surface area contributed by atoms with Crippen molar-refractivity contribution in [3.05, 3.63) is 64.0 Å². The molecule has 0 atom stereocenters. The first-order valence-electron chi connectivity index (χ1n) is 6.16. The number of pyridine rings is 1. The number of rotatable bonds is 2. The second-order valence-electron chi connectivity index (χ2n) is 4.31. The zero-order chi connectivity index (χ0) is 14.8. The predicted molar refractivity (Wildman–Crippen MR) is 80.2 cm³/mol. The van der Waals surface area contributed by atoms with Crippen molar-refractivity contribution in [2.45, 2.75) is 0 Å². The Morgan fingerprint density at radius 1 is 1.10 bits per heavy atom. The number of H-pyrrole nitrogens is 1. The minimum atomic E-state index is -0.476. The van der Waals surface area contributed by atoms with Gasteiger partial charge in [0.1, 0.15) is 11.3 Å². The van der Waals surface area contributed by atoms with Gasteiger partial charge < -0.3 is 10.1 Å². The molecule has 0 bridgehead atoms. The van der Waals surface area contributed by atoms with Gasteiger partial charge in [0.2, 0.25) is 5.88 Å². The number of nitrogens with one attached hydrogen (secondary N) is 1. The number of aromatic nitrogens is 3. The van der Waals surface area contributed by atoms with Crippen LogP contribution in [0.2, 0.25) is 5.02 Å². The number of hydrogen-bond acceptors (Lipinski definition) is 4. The molecule has 0 aliphatic heterocycles. The molecule has 0 radical (unpaired) electrons. The average molecular weight is 300 g/mol. The third kappa shape index (κ3) is 2.51. The van der Waals surface area contributed by atoms with Crippen molar-refractivity contribution in [3.63, 3.8) is 0 Å². The van der Waals surface area contributed by atoms with E-state index >= 15 is 0 Å². The van der Waals surface area contributed by atoms with Crippen LogP contribution in [0.4, 0.5) is 0 Å². The maximum absolute atomic E-state index is 12.2. The molecule has 5 nitrogen and oxygen atoms in total. The molecular weight excluding hydrogens is 290 g/mol. The average Bonchev–Trinajstić information content (AvgIpc) is 2.49. The first-order valence-corrected chi connectivity index (χ1v) is 6.54. The normalized spacial score (nSPS) is 10.5. The fraction of sp³-hybridized carbons (Fsp3) is 0. The van der Waals surface area contributed by atoms with E-state index in [2.05, 4.69) is 15.0 Å². The van der Waals surface area contributed by atoms with Crippen LogP contribution in [-0.4, -0.2) is 20.1 Å². The van der Waals surface area contributed by atoms with E-state index in [0.717, 1.165) is 0 Å². The van der Waals surface area contributed by atoms with Crippen molar-refractivity contribution in [1.29, 1.82) is 0 Å². The zero-order valence-electron chi connectivity index (χ0n) is 10.7. The van der Waals surface area contributed by atoms with Gasteiger partial charge in [-0.2, -0.15) is 4.98 Å². The summed E-state index contributed by atoms with van der Waals surface area (Å²) in [4.78, 5) is 22.9. The molecular formula is C15H10ClN3O2. The number of aromatic amines is 1. The highest BCUT2D eigenvalue weighted by Crippen LogP contribution is 2.30. The molecule has 6 heteroatoms. The van der Waals surface area contributed by atoms with E-state index in [1.54, 1.807) is 48.7 Å². The third-order valence-corrected chi connectivity index (χ3v) is 3.28. The van der Waals surface area contributed by atoms with Crippen molar-refractivity contribution < 1.29 is 5.11 Å². The predicted octanol–water partition coefficient (Wildman–Crippen LogP) is 2.86. The lowest BCUT2D eigenvalue weighted by molar-refractivity contribution is 0.454. The van der Waals surface area contributed by atoms with Crippen molar-refractivity contribution in [2.75, 3.05) is 0 Å². The summed E-state index contributed by atoms with van der Waals surface area (Å²) in [7, 11) is 0. The van der Waals surface area contributed by atoms with Gasteiger partial charge in [-0.1, -0.05) is 35.9 Å². The van der Waals surface area contributed by atoms with E-state index in [9.17, 15) is 9.90 Å². The van der Waals surface area contributed by atoms with Gasteiger partial charge in [-0.15, -0.1) is 0 Å². The number of halogens is 1. The summed E-state index contributed by atoms with van der Waals surface area (Å²) < 4.78 is 0. The molecule has 3 aromatic rings. The molecule has 0 fully saturated rings. The summed E-state index contributed by atoms with van der Waals surface area (Å²) in [6, 6.07) is 12.0. The van der Waals surface area contributed by atoms with Crippen molar-refractivity contribution in [3.8, 4) is 28.5 Å². The molecule has 0 spiro atoms. The van der Waals surface area contributed by atoms with Gasteiger partial charge in [0, 0.05) is 16.8 Å². The number of nitrogens with zero attached hydrogens (tertiary/aromatic N) is 2. The van der Waals surface area contributed by atoms with Crippen molar-refractivity contribution >= 4 is 11.6 Å². The van der Waals surface area contributed by atoms with E-state index in [1.807, 2.05) is 0 Å². The Hall–Kier alpha value is -2.66. The van der Waals surface area contributed by atoms with Gasteiger partial charge in [0.05, 0.1) is 0 Å². The van der Waals surface area contributed by atoms with Gasteiger partial charge in [0.15, 0.2) is 5.82 Å². The first kappa shape index (κ1) is 13.3. The topological polar surface area (TPSA) is 78.9 Å². The van der Waals surface area contributed by atoms with E-state index in [0.29, 0.717) is 16.3 Å². The quantitative estimate of drug-likeness (QED) is 0.762. The minimum Gasteiger partial charge on any atom is -0.493 e. The Morgan fingerprint density at radius 2 is 1.86 bits per heavy atom. The number of aromatic hydroxyl groups is 1. The van der Waals surface area contributed by atoms with Crippen LogP contribution < -0.4 is 5.56 Å². The first-order chi connectivity index (χ1) is 10.2. The fourth-order valence-corrected chi connectivity index (χ4v) is 2.22. The molecule has 2 heterocycles.